The van der Waals surface area contributed by atoms with Crippen molar-refractivity contribution in [2.75, 3.05) is 40.3 Å². The van der Waals surface area contributed by atoms with E-state index in [0.29, 0.717) is 36.4 Å². The highest BCUT2D eigenvalue weighted by atomic mass is 32.2. The fourth-order valence-corrected chi connectivity index (χ4v) is 5.36. The number of hydrogen-bond acceptors (Lipinski definition) is 5. The van der Waals surface area contributed by atoms with Gasteiger partial charge in [0.2, 0.25) is 10.0 Å². The lowest BCUT2D eigenvalue weighted by molar-refractivity contribution is -0.192. The highest BCUT2D eigenvalue weighted by molar-refractivity contribution is 7.89. The maximum Gasteiger partial charge on any atom is 0.490 e. The smallest absolute Gasteiger partial charge is 0.475 e. The van der Waals surface area contributed by atoms with Crippen LogP contribution in [0.4, 0.5) is 13.2 Å². The zero-order valence-corrected chi connectivity index (χ0v) is 17.9. The number of carboxylic acids is 1. The van der Waals surface area contributed by atoms with Crippen molar-refractivity contribution in [1.29, 1.82) is 0 Å². The van der Waals surface area contributed by atoms with E-state index in [0.717, 1.165) is 18.5 Å². The standard InChI is InChI=1S/C17H26N2O3S.C2HF3O2/c1-13-5-4-6-15(9-13)23(20,21)19-8-7-16-14(10-19)12-22-17(16)11-18(2)3;3-2(4,5)1(6)7/h4-6,9,14,16-17H,7-8,10-12H2,1-3H3;(H,6,7)/t14-,16-,17-;/m0./s1. The van der Waals surface area contributed by atoms with Crippen molar-refractivity contribution >= 4 is 16.0 Å². The molecule has 0 aliphatic carbocycles. The number of carbonyl (C=O) groups is 1. The SMILES string of the molecule is Cc1cccc(S(=O)(=O)N2CC[C@H]3[C@H](CO[C@H]3CN(C)C)C2)c1.O=C(O)C(F)(F)F. The van der Waals surface area contributed by atoms with Crippen LogP contribution in [0.15, 0.2) is 29.2 Å². The van der Waals surface area contributed by atoms with Gasteiger partial charge in [-0.15, -0.1) is 0 Å². The van der Waals surface area contributed by atoms with E-state index in [9.17, 15) is 21.6 Å². The average molecular weight is 452 g/mol. The van der Waals surface area contributed by atoms with Crippen LogP contribution >= 0.6 is 0 Å². The van der Waals surface area contributed by atoms with Crippen LogP contribution in [-0.4, -0.2) is 81.3 Å². The first-order chi connectivity index (χ1) is 13.8. The van der Waals surface area contributed by atoms with Crippen molar-refractivity contribution in [2.24, 2.45) is 11.8 Å². The monoisotopic (exact) mass is 452 g/mol. The lowest BCUT2D eigenvalue weighted by atomic mass is 9.85. The van der Waals surface area contributed by atoms with Gasteiger partial charge in [-0.3, -0.25) is 0 Å². The summed E-state index contributed by atoms with van der Waals surface area (Å²) in [5, 5.41) is 7.12. The molecule has 2 aliphatic heterocycles. The Morgan fingerprint density at radius 1 is 1.33 bits per heavy atom. The zero-order chi connectivity index (χ0) is 22.7. The molecule has 2 saturated heterocycles. The van der Waals surface area contributed by atoms with Gasteiger partial charge in [-0.2, -0.15) is 17.5 Å². The van der Waals surface area contributed by atoms with Crippen LogP contribution in [0.5, 0.6) is 0 Å². The molecule has 0 radical (unpaired) electrons. The van der Waals surface area contributed by atoms with Crippen LogP contribution in [0.25, 0.3) is 0 Å². The average Bonchev–Trinajstić information content (AvgIpc) is 3.03. The molecule has 2 aliphatic rings. The van der Waals surface area contributed by atoms with Gasteiger partial charge in [-0.1, -0.05) is 12.1 Å². The minimum absolute atomic E-state index is 0.235. The van der Waals surface area contributed by atoms with E-state index in [1.165, 1.54) is 0 Å². The van der Waals surface area contributed by atoms with Gasteiger partial charge in [-0.25, -0.2) is 13.2 Å². The van der Waals surface area contributed by atoms with Crippen LogP contribution in [0.3, 0.4) is 0 Å². The Morgan fingerprint density at radius 2 is 1.97 bits per heavy atom. The van der Waals surface area contributed by atoms with Crippen molar-refractivity contribution in [3.63, 3.8) is 0 Å². The molecule has 0 amide bonds. The molecule has 2 fully saturated rings. The summed E-state index contributed by atoms with van der Waals surface area (Å²) in [6.45, 7) is 4.66. The maximum atomic E-state index is 12.9. The second-order valence-corrected chi connectivity index (χ2v) is 9.77. The topological polar surface area (TPSA) is 87.2 Å². The van der Waals surface area contributed by atoms with Crippen molar-refractivity contribution < 1.29 is 36.2 Å². The number of rotatable bonds is 4. The molecule has 0 saturated carbocycles. The zero-order valence-electron chi connectivity index (χ0n) is 17.1. The van der Waals surface area contributed by atoms with Gasteiger partial charge < -0.3 is 14.7 Å². The van der Waals surface area contributed by atoms with E-state index in [1.54, 1.807) is 22.5 Å². The van der Waals surface area contributed by atoms with Crippen molar-refractivity contribution in [1.82, 2.24) is 9.21 Å². The summed E-state index contributed by atoms with van der Waals surface area (Å²) < 4.78 is 65.0. The molecule has 7 nitrogen and oxygen atoms in total. The number of piperidine rings is 1. The number of aryl methyl sites for hydroxylation is 1. The number of alkyl halides is 3. The molecule has 0 unspecified atom stereocenters. The van der Waals surface area contributed by atoms with E-state index in [-0.39, 0.29) is 6.10 Å². The van der Waals surface area contributed by atoms with Gasteiger partial charge in [0, 0.05) is 25.6 Å². The predicted molar refractivity (Wildman–Crippen MR) is 104 cm³/mol. The van der Waals surface area contributed by atoms with E-state index in [1.807, 2.05) is 27.1 Å². The van der Waals surface area contributed by atoms with Gasteiger partial charge in [0.25, 0.3) is 0 Å². The molecule has 1 aromatic carbocycles. The molecule has 11 heteroatoms. The Hall–Kier alpha value is -1.69. The third-order valence-corrected chi connectivity index (χ3v) is 7.03. The summed E-state index contributed by atoms with van der Waals surface area (Å²) in [7, 11) is 0.703. The summed E-state index contributed by atoms with van der Waals surface area (Å²) in [4.78, 5) is 11.4. The molecule has 2 heterocycles. The van der Waals surface area contributed by atoms with Crippen molar-refractivity contribution in [3.8, 4) is 0 Å². The first-order valence-electron chi connectivity index (χ1n) is 9.45. The minimum atomic E-state index is -5.08. The number of nitrogens with zero attached hydrogens (tertiary/aromatic N) is 2. The minimum Gasteiger partial charge on any atom is -0.475 e. The summed E-state index contributed by atoms with van der Waals surface area (Å²) >= 11 is 0. The fourth-order valence-electron chi connectivity index (χ4n) is 3.74. The van der Waals surface area contributed by atoms with Gasteiger partial charge in [0.05, 0.1) is 17.6 Å². The molecule has 30 heavy (non-hydrogen) atoms. The second kappa shape index (κ2) is 9.63. The Balaban J connectivity index is 0.000000396. The summed E-state index contributed by atoms with van der Waals surface area (Å²) in [6.07, 6.45) is -3.97. The third-order valence-electron chi connectivity index (χ3n) is 5.17. The summed E-state index contributed by atoms with van der Waals surface area (Å²) in [5.74, 6) is -1.97. The first kappa shape index (κ1) is 24.6. The van der Waals surface area contributed by atoms with Gasteiger partial charge in [0.15, 0.2) is 0 Å². The van der Waals surface area contributed by atoms with Crippen LogP contribution in [0.2, 0.25) is 0 Å². The number of fused-ring (bicyclic) bond motifs is 1. The van der Waals surface area contributed by atoms with E-state index < -0.39 is 22.2 Å². The molecule has 3 atom stereocenters. The molecule has 0 spiro atoms. The Kier molecular flexibility index (Phi) is 7.89. The third kappa shape index (κ3) is 6.16. The molecule has 3 rings (SSSR count). The second-order valence-electron chi connectivity index (χ2n) is 7.83. The molecule has 170 valence electrons. The molecule has 1 N–H and O–H groups in total. The van der Waals surface area contributed by atoms with Crippen molar-refractivity contribution in [3.05, 3.63) is 29.8 Å². The lowest BCUT2D eigenvalue weighted by Gasteiger charge is -2.35. The van der Waals surface area contributed by atoms with Crippen molar-refractivity contribution in [2.45, 2.75) is 30.5 Å². The number of benzene rings is 1. The fraction of sp³-hybridized carbons (Fsp3) is 0.632. The number of sulfonamides is 1. The Morgan fingerprint density at radius 3 is 2.50 bits per heavy atom. The number of hydrogen-bond donors (Lipinski definition) is 1. The van der Waals surface area contributed by atoms with E-state index in [4.69, 9.17) is 14.6 Å². The van der Waals surface area contributed by atoms with E-state index >= 15 is 0 Å². The lowest BCUT2D eigenvalue weighted by Crippen LogP contribution is -2.45. The molecular formula is C19H27F3N2O5S. The van der Waals surface area contributed by atoms with Gasteiger partial charge >= 0.3 is 12.1 Å². The maximum absolute atomic E-state index is 12.9. The van der Waals surface area contributed by atoms with Crippen LogP contribution < -0.4 is 0 Å². The Bertz CT molecular complexity index is 845. The molecule has 0 bridgehead atoms. The highest BCUT2D eigenvalue weighted by Crippen LogP contribution is 2.36. The summed E-state index contributed by atoms with van der Waals surface area (Å²) in [5.41, 5.74) is 0.969. The quantitative estimate of drug-likeness (QED) is 0.754. The normalized spacial score (nSPS) is 24.8. The highest BCUT2D eigenvalue weighted by Gasteiger charge is 2.43. The van der Waals surface area contributed by atoms with Gasteiger partial charge in [0.1, 0.15) is 0 Å². The van der Waals surface area contributed by atoms with E-state index in [2.05, 4.69) is 4.90 Å². The molecular weight excluding hydrogens is 425 g/mol. The molecule has 0 aromatic heterocycles. The number of likely N-dealkylation sites (N-methyl/N-ethyl adjacent to an activating group) is 1. The number of halogens is 3. The van der Waals surface area contributed by atoms with Crippen LogP contribution in [-0.2, 0) is 19.6 Å². The molecule has 1 aromatic rings. The Labute approximate surface area is 174 Å². The van der Waals surface area contributed by atoms with Gasteiger partial charge in [-0.05, 0) is 51.1 Å². The first-order valence-corrected chi connectivity index (χ1v) is 10.9. The largest absolute Gasteiger partial charge is 0.490 e. The number of aliphatic carboxylic acids is 1. The number of carboxylic acid groups (broad SMARTS) is 1. The van der Waals surface area contributed by atoms with Crippen LogP contribution in [0, 0.1) is 18.8 Å². The van der Waals surface area contributed by atoms with Crippen LogP contribution in [0.1, 0.15) is 12.0 Å². The number of ether oxygens (including phenoxy) is 1. The summed E-state index contributed by atoms with van der Waals surface area (Å²) in [6, 6.07) is 7.17. The predicted octanol–water partition coefficient (Wildman–Crippen LogP) is 2.22.